The number of carbonyl (C=O) groups is 2. The van der Waals surface area contributed by atoms with Gasteiger partial charge in [0.1, 0.15) is 5.82 Å². The summed E-state index contributed by atoms with van der Waals surface area (Å²) in [6.07, 6.45) is 0.111. The minimum Gasteiger partial charge on any atom is -0.455 e. The van der Waals surface area contributed by atoms with Crippen LogP contribution >= 0.6 is 22.9 Å². The Bertz CT molecular complexity index is 646. The lowest BCUT2D eigenvalue weighted by Crippen LogP contribution is -2.22. The highest BCUT2D eigenvalue weighted by Gasteiger charge is 2.11. The molecule has 0 unspecified atom stereocenters. The van der Waals surface area contributed by atoms with Crippen LogP contribution in [0, 0.1) is 5.82 Å². The van der Waals surface area contributed by atoms with Gasteiger partial charge in [-0.25, -0.2) is 4.39 Å². The lowest BCUT2D eigenvalue weighted by molar-refractivity contribution is -0.146. The zero-order chi connectivity index (χ0) is 15.2. The van der Waals surface area contributed by atoms with Crippen LogP contribution in [0.3, 0.4) is 0 Å². The van der Waals surface area contributed by atoms with Crippen LogP contribution in [-0.4, -0.2) is 18.5 Å². The molecule has 0 bridgehead atoms. The maximum atomic E-state index is 13.5. The van der Waals surface area contributed by atoms with Gasteiger partial charge in [-0.15, -0.1) is 11.3 Å². The molecule has 0 atom stereocenters. The molecule has 2 rings (SSSR count). The first-order valence-corrected chi connectivity index (χ1v) is 7.23. The Kier molecular flexibility index (Phi) is 5.30. The third-order valence-corrected chi connectivity index (χ3v) is 3.58. The Morgan fingerprint density at radius 1 is 1.33 bits per heavy atom. The second kappa shape index (κ2) is 7.19. The van der Waals surface area contributed by atoms with Crippen molar-refractivity contribution < 1.29 is 18.7 Å². The largest absolute Gasteiger partial charge is 0.455 e. The number of benzene rings is 1. The molecule has 1 amide bonds. The van der Waals surface area contributed by atoms with Crippen LogP contribution in [0.25, 0.3) is 0 Å². The van der Waals surface area contributed by atoms with E-state index in [2.05, 4.69) is 5.32 Å². The van der Waals surface area contributed by atoms with Crippen molar-refractivity contribution in [2.45, 2.75) is 6.42 Å². The molecule has 0 saturated heterocycles. The Morgan fingerprint density at radius 3 is 2.81 bits per heavy atom. The average molecular weight is 328 g/mol. The molecule has 1 heterocycles. The highest BCUT2D eigenvalue weighted by molar-refractivity contribution is 7.10. The summed E-state index contributed by atoms with van der Waals surface area (Å²) in [5.41, 5.74) is -0.0151. The number of thiophene rings is 1. The van der Waals surface area contributed by atoms with E-state index in [4.69, 9.17) is 16.3 Å². The molecular formula is C14H11ClFNO3S. The predicted molar refractivity (Wildman–Crippen MR) is 79.0 cm³/mol. The first-order chi connectivity index (χ1) is 10.0. The number of anilines is 1. The van der Waals surface area contributed by atoms with Crippen LogP contribution in [-0.2, 0) is 20.7 Å². The summed E-state index contributed by atoms with van der Waals surface area (Å²) in [4.78, 5) is 23.9. The van der Waals surface area contributed by atoms with Crippen molar-refractivity contribution in [1.29, 1.82) is 0 Å². The van der Waals surface area contributed by atoms with Gasteiger partial charge >= 0.3 is 5.97 Å². The smallest absolute Gasteiger partial charge is 0.311 e. The maximum Gasteiger partial charge on any atom is 0.311 e. The normalized spacial score (nSPS) is 10.2. The van der Waals surface area contributed by atoms with Crippen molar-refractivity contribution >= 4 is 40.5 Å². The van der Waals surface area contributed by atoms with Crippen LogP contribution in [0.1, 0.15) is 4.88 Å². The Hall–Kier alpha value is -1.92. The first kappa shape index (κ1) is 15.5. The molecule has 0 radical (unpaired) electrons. The third-order valence-electron chi connectivity index (χ3n) is 2.47. The van der Waals surface area contributed by atoms with Crippen LogP contribution in [0.5, 0.6) is 0 Å². The van der Waals surface area contributed by atoms with Crippen molar-refractivity contribution in [2.75, 3.05) is 11.9 Å². The van der Waals surface area contributed by atoms with Gasteiger partial charge < -0.3 is 10.1 Å². The van der Waals surface area contributed by atoms with E-state index < -0.39 is 24.3 Å². The average Bonchev–Trinajstić information content (AvgIpc) is 2.92. The van der Waals surface area contributed by atoms with E-state index in [9.17, 15) is 14.0 Å². The van der Waals surface area contributed by atoms with Crippen LogP contribution in [0.15, 0.2) is 35.7 Å². The zero-order valence-electron chi connectivity index (χ0n) is 10.8. The van der Waals surface area contributed by atoms with Gasteiger partial charge in [-0.05, 0) is 29.6 Å². The van der Waals surface area contributed by atoms with E-state index in [1.54, 1.807) is 6.07 Å². The highest BCUT2D eigenvalue weighted by Crippen LogP contribution is 2.18. The molecule has 0 aliphatic carbocycles. The quantitative estimate of drug-likeness (QED) is 0.858. The van der Waals surface area contributed by atoms with Gasteiger partial charge in [0, 0.05) is 9.90 Å². The van der Waals surface area contributed by atoms with Crippen LogP contribution in [0.4, 0.5) is 10.1 Å². The summed E-state index contributed by atoms with van der Waals surface area (Å²) in [6, 6.07) is 7.49. The van der Waals surface area contributed by atoms with Gasteiger partial charge in [-0.1, -0.05) is 17.7 Å². The molecular weight excluding hydrogens is 317 g/mol. The number of ether oxygens (including phenoxy) is 1. The highest BCUT2D eigenvalue weighted by atomic mass is 35.5. The molecule has 0 aliphatic rings. The Labute approximate surface area is 129 Å². The third kappa shape index (κ3) is 4.84. The summed E-state index contributed by atoms with van der Waals surface area (Å²) in [5.74, 6) is -1.78. The number of nitrogens with one attached hydrogen (secondary N) is 1. The number of rotatable bonds is 5. The molecule has 0 fully saturated rings. The zero-order valence-corrected chi connectivity index (χ0v) is 12.3. The second-order valence-corrected chi connectivity index (χ2v) is 5.56. The predicted octanol–water partition coefficient (Wildman–Crippen LogP) is 3.27. The monoisotopic (exact) mass is 327 g/mol. The molecule has 4 nitrogen and oxygen atoms in total. The standard InChI is InChI=1S/C14H11ClFNO3S/c15-9-3-4-12(11(16)6-9)17-13(18)8-20-14(19)7-10-2-1-5-21-10/h1-6H,7-8H2,(H,17,18). The van der Waals surface area contributed by atoms with Crippen molar-refractivity contribution in [2.24, 2.45) is 0 Å². The van der Waals surface area contributed by atoms with E-state index in [1.807, 2.05) is 11.4 Å². The van der Waals surface area contributed by atoms with E-state index in [0.29, 0.717) is 0 Å². The summed E-state index contributed by atoms with van der Waals surface area (Å²) in [6.45, 7) is -0.466. The number of carbonyl (C=O) groups excluding carboxylic acids is 2. The molecule has 0 aliphatic heterocycles. The number of esters is 1. The van der Waals surface area contributed by atoms with Gasteiger partial charge in [0.25, 0.3) is 5.91 Å². The van der Waals surface area contributed by atoms with E-state index in [0.717, 1.165) is 10.9 Å². The van der Waals surface area contributed by atoms with Crippen molar-refractivity contribution in [3.63, 3.8) is 0 Å². The molecule has 0 saturated carbocycles. The van der Waals surface area contributed by atoms with Gasteiger partial charge in [0.2, 0.25) is 0 Å². The minimum atomic E-state index is -0.652. The van der Waals surface area contributed by atoms with E-state index >= 15 is 0 Å². The first-order valence-electron chi connectivity index (χ1n) is 5.97. The fourth-order valence-electron chi connectivity index (χ4n) is 1.53. The van der Waals surface area contributed by atoms with Gasteiger partial charge in [-0.2, -0.15) is 0 Å². The van der Waals surface area contributed by atoms with Gasteiger partial charge in [0.05, 0.1) is 12.1 Å². The molecule has 1 aromatic heterocycles. The SMILES string of the molecule is O=C(COC(=O)Cc1cccs1)Nc1ccc(Cl)cc1F. The molecule has 7 heteroatoms. The summed E-state index contributed by atoms with van der Waals surface area (Å²) in [7, 11) is 0. The number of hydrogen-bond acceptors (Lipinski definition) is 4. The number of amides is 1. The summed E-state index contributed by atoms with van der Waals surface area (Å²) < 4.78 is 18.3. The van der Waals surface area contributed by atoms with Crippen LogP contribution < -0.4 is 5.32 Å². The van der Waals surface area contributed by atoms with Gasteiger partial charge in [-0.3, -0.25) is 9.59 Å². The number of hydrogen-bond donors (Lipinski definition) is 1. The fourth-order valence-corrected chi connectivity index (χ4v) is 2.38. The topological polar surface area (TPSA) is 55.4 Å². The molecule has 21 heavy (non-hydrogen) atoms. The lowest BCUT2D eigenvalue weighted by atomic mass is 10.3. The Morgan fingerprint density at radius 2 is 2.14 bits per heavy atom. The fraction of sp³-hybridized carbons (Fsp3) is 0.143. The van der Waals surface area contributed by atoms with E-state index in [-0.39, 0.29) is 17.1 Å². The number of halogens is 2. The van der Waals surface area contributed by atoms with Crippen LogP contribution in [0.2, 0.25) is 5.02 Å². The lowest BCUT2D eigenvalue weighted by Gasteiger charge is -2.07. The van der Waals surface area contributed by atoms with E-state index in [1.165, 1.54) is 23.5 Å². The van der Waals surface area contributed by atoms with Crippen molar-refractivity contribution in [3.05, 3.63) is 51.4 Å². The molecule has 110 valence electrons. The second-order valence-electron chi connectivity index (χ2n) is 4.09. The summed E-state index contributed by atoms with van der Waals surface area (Å²) in [5, 5.41) is 4.38. The summed E-state index contributed by atoms with van der Waals surface area (Å²) >= 11 is 7.03. The minimum absolute atomic E-state index is 0.0151. The maximum absolute atomic E-state index is 13.5. The van der Waals surface area contributed by atoms with Crippen molar-refractivity contribution in [1.82, 2.24) is 0 Å². The molecule has 2 aromatic rings. The van der Waals surface area contributed by atoms with Gasteiger partial charge in [0.15, 0.2) is 6.61 Å². The Balaban J connectivity index is 1.80. The molecule has 0 spiro atoms. The van der Waals surface area contributed by atoms with Crippen molar-refractivity contribution in [3.8, 4) is 0 Å². The molecule has 1 N–H and O–H groups in total. The molecule has 1 aromatic carbocycles.